The van der Waals surface area contributed by atoms with E-state index in [0.29, 0.717) is 6.42 Å². The van der Waals surface area contributed by atoms with Gasteiger partial charge in [-0.1, -0.05) is 17.7 Å². The molecule has 1 rings (SSSR count). The maximum absolute atomic E-state index is 10.3. The highest BCUT2D eigenvalue weighted by molar-refractivity contribution is 6.32. The molecule has 0 bridgehead atoms. The zero-order valence-corrected chi connectivity index (χ0v) is 11.5. The van der Waals surface area contributed by atoms with E-state index < -0.39 is 5.97 Å². The van der Waals surface area contributed by atoms with Gasteiger partial charge in [0.15, 0.2) is 0 Å². The van der Waals surface area contributed by atoms with E-state index in [2.05, 4.69) is 0 Å². The van der Waals surface area contributed by atoms with Crippen LogP contribution in [-0.4, -0.2) is 17.2 Å². The molecule has 0 saturated carbocycles. The standard InChI is InChI=1S/C14H17ClO3/c1-9-7-12(8-10(2)14(9)15)18-11(3)5-4-6-13(16)17/h4,6-8,11H,5H2,1-3H3,(H,16,17)/b6-4+. The first-order chi connectivity index (χ1) is 8.40. The van der Waals surface area contributed by atoms with Gasteiger partial charge in [-0.3, -0.25) is 0 Å². The first-order valence-electron chi connectivity index (χ1n) is 5.73. The van der Waals surface area contributed by atoms with Crippen LogP contribution < -0.4 is 4.74 Å². The summed E-state index contributed by atoms with van der Waals surface area (Å²) in [4.78, 5) is 10.3. The quantitative estimate of drug-likeness (QED) is 0.827. The smallest absolute Gasteiger partial charge is 0.327 e. The van der Waals surface area contributed by atoms with Crippen molar-refractivity contribution in [1.29, 1.82) is 0 Å². The summed E-state index contributed by atoms with van der Waals surface area (Å²) in [6.45, 7) is 5.75. The number of aryl methyl sites for hydroxylation is 2. The van der Waals surface area contributed by atoms with Crippen molar-refractivity contribution in [2.45, 2.75) is 33.3 Å². The molecule has 0 aliphatic carbocycles. The third-order valence-electron chi connectivity index (χ3n) is 2.48. The Morgan fingerprint density at radius 1 is 1.44 bits per heavy atom. The number of hydrogen-bond acceptors (Lipinski definition) is 2. The van der Waals surface area contributed by atoms with Crippen molar-refractivity contribution in [2.75, 3.05) is 0 Å². The molecule has 0 radical (unpaired) electrons. The summed E-state index contributed by atoms with van der Waals surface area (Å²) in [6.07, 6.45) is 3.18. The van der Waals surface area contributed by atoms with E-state index in [-0.39, 0.29) is 6.10 Å². The Bertz CT molecular complexity index is 443. The maximum atomic E-state index is 10.3. The fraction of sp³-hybridized carbons (Fsp3) is 0.357. The molecular formula is C14H17ClO3. The first-order valence-corrected chi connectivity index (χ1v) is 6.11. The number of benzene rings is 1. The van der Waals surface area contributed by atoms with Crippen molar-refractivity contribution in [2.24, 2.45) is 0 Å². The fourth-order valence-corrected chi connectivity index (χ4v) is 1.72. The number of ether oxygens (including phenoxy) is 1. The van der Waals surface area contributed by atoms with Crippen LogP contribution in [0.2, 0.25) is 5.02 Å². The molecule has 1 atom stereocenters. The lowest BCUT2D eigenvalue weighted by atomic mass is 10.1. The molecule has 0 aliphatic heterocycles. The minimum atomic E-state index is -0.944. The lowest BCUT2D eigenvalue weighted by Gasteiger charge is -2.14. The second kappa shape index (κ2) is 6.45. The summed E-state index contributed by atoms with van der Waals surface area (Å²) < 4.78 is 5.71. The van der Waals surface area contributed by atoms with Crippen molar-refractivity contribution in [3.8, 4) is 5.75 Å². The van der Waals surface area contributed by atoms with Gasteiger partial charge >= 0.3 is 5.97 Å². The largest absolute Gasteiger partial charge is 0.490 e. The Hall–Kier alpha value is -1.48. The molecule has 0 saturated heterocycles. The van der Waals surface area contributed by atoms with E-state index in [4.69, 9.17) is 21.4 Å². The first kappa shape index (κ1) is 14.6. The summed E-state index contributed by atoms with van der Waals surface area (Å²) >= 11 is 6.07. The summed E-state index contributed by atoms with van der Waals surface area (Å²) in [7, 11) is 0. The molecule has 4 heteroatoms. The number of halogens is 1. The highest BCUT2D eigenvalue weighted by Gasteiger charge is 2.06. The molecule has 0 amide bonds. The second-order valence-corrected chi connectivity index (χ2v) is 4.65. The second-order valence-electron chi connectivity index (χ2n) is 4.28. The van der Waals surface area contributed by atoms with E-state index in [9.17, 15) is 4.79 Å². The van der Waals surface area contributed by atoms with Crippen LogP contribution in [0.5, 0.6) is 5.75 Å². The predicted octanol–water partition coefficient (Wildman–Crippen LogP) is 3.76. The molecule has 0 aromatic heterocycles. The van der Waals surface area contributed by atoms with Gasteiger partial charge in [-0.2, -0.15) is 0 Å². The normalized spacial score (nSPS) is 12.7. The maximum Gasteiger partial charge on any atom is 0.327 e. The SMILES string of the molecule is Cc1cc(OC(C)C/C=C/C(=O)O)cc(C)c1Cl. The number of aliphatic carboxylic acids is 1. The zero-order valence-electron chi connectivity index (χ0n) is 10.7. The number of carboxylic acids is 1. The Balaban J connectivity index is 2.65. The van der Waals surface area contributed by atoms with Gasteiger partial charge in [0.05, 0.1) is 6.10 Å². The molecule has 0 aliphatic rings. The van der Waals surface area contributed by atoms with E-state index in [1.54, 1.807) is 6.08 Å². The third kappa shape index (κ3) is 4.41. The summed E-state index contributed by atoms with van der Waals surface area (Å²) in [5.41, 5.74) is 1.94. The minimum Gasteiger partial charge on any atom is -0.490 e. The average Bonchev–Trinajstić information content (AvgIpc) is 2.25. The van der Waals surface area contributed by atoms with Crippen LogP contribution in [0.3, 0.4) is 0 Å². The molecule has 3 nitrogen and oxygen atoms in total. The monoisotopic (exact) mass is 268 g/mol. The summed E-state index contributed by atoms with van der Waals surface area (Å²) in [5.74, 6) is -0.189. The van der Waals surface area contributed by atoms with E-state index >= 15 is 0 Å². The van der Waals surface area contributed by atoms with E-state index in [0.717, 1.165) is 28.0 Å². The lowest BCUT2D eigenvalue weighted by molar-refractivity contribution is -0.131. The molecule has 1 aromatic carbocycles. The van der Waals surface area contributed by atoms with Gasteiger partial charge in [-0.05, 0) is 44.0 Å². The van der Waals surface area contributed by atoms with Crippen LogP contribution in [0.15, 0.2) is 24.3 Å². The zero-order chi connectivity index (χ0) is 13.7. The molecule has 1 aromatic rings. The molecule has 0 fully saturated rings. The van der Waals surface area contributed by atoms with Gasteiger partial charge in [0.25, 0.3) is 0 Å². The Kier molecular flexibility index (Phi) is 5.23. The van der Waals surface area contributed by atoms with Crippen molar-refractivity contribution in [3.05, 3.63) is 40.4 Å². The van der Waals surface area contributed by atoms with Crippen molar-refractivity contribution in [3.63, 3.8) is 0 Å². The number of carbonyl (C=O) groups is 1. The molecule has 1 unspecified atom stereocenters. The van der Waals surface area contributed by atoms with Gasteiger partial charge in [0.2, 0.25) is 0 Å². The average molecular weight is 269 g/mol. The highest BCUT2D eigenvalue weighted by atomic mass is 35.5. The van der Waals surface area contributed by atoms with Crippen molar-refractivity contribution in [1.82, 2.24) is 0 Å². The van der Waals surface area contributed by atoms with Gasteiger partial charge in [-0.25, -0.2) is 4.79 Å². The third-order valence-corrected chi connectivity index (χ3v) is 3.07. The predicted molar refractivity (Wildman–Crippen MR) is 72.4 cm³/mol. The molecule has 0 spiro atoms. The van der Waals surface area contributed by atoms with E-state index in [1.807, 2.05) is 32.9 Å². The minimum absolute atomic E-state index is 0.0828. The fourth-order valence-electron chi connectivity index (χ4n) is 1.62. The Morgan fingerprint density at radius 3 is 2.50 bits per heavy atom. The summed E-state index contributed by atoms with van der Waals surface area (Å²) in [5, 5.41) is 9.23. The van der Waals surface area contributed by atoms with E-state index in [1.165, 1.54) is 0 Å². The Morgan fingerprint density at radius 2 is 2.00 bits per heavy atom. The van der Waals surface area contributed by atoms with Crippen molar-refractivity contribution < 1.29 is 14.6 Å². The highest BCUT2D eigenvalue weighted by Crippen LogP contribution is 2.26. The number of carboxylic acid groups (broad SMARTS) is 1. The topological polar surface area (TPSA) is 46.5 Å². The Labute approximate surface area is 112 Å². The van der Waals surface area contributed by atoms with Crippen LogP contribution in [0.1, 0.15) is 24.5 Å². The van der Waals surface area contributed by atoms with Crippen LogP contribution in [0, 0.1) is 13.8 Å². The molecule has 18 heavy (non-hydrogen) atoms. The van der Waals surface area contributed by atoms with Gasteiger partial charge < -0.3 is 9.84 Å². The van der Waals surface area contributed by atoms with Crippen LogP contribution in [0.4, 0.5) is 0 Å². The molecular weight excluding hydrogens is 252 g/mol. The lowest BCUT2D eigenvalue weighted by Crippen LogP contribution is -2.10. The van der Waals surface area contributed by atoms with Gasteiger partial charge in [-0.15, -0.1) is 0 Å². The molecule has 1 N–H and O–H groups in total. The van der Waals surface area contributed by atoms with Crippen molar-refractivity contribution >= 4 is 17.6 Å². The number of rotatable bonds is 5. The number of hydrogen-bond donors (Lipinski definition) is 1. The van der Waals surface area contributed by atoms with Crippen LogP contribution in [-0.2, 0) is 4.79 Å². The molecule has 0 heterocycles. The summed E-state index contributed by atoms with van der Waals surface area (Å²) in [6, 6.07) is 3.76. The van der Waals surface area contributed by atoms with Crippen LogP contribution >= 0.6 is 11.6 Å². The van der Waals surface area contributed by atoms with Gasteiger partial charge in [0, 0.05) is 17.5 Å². The van der Waals surface area contributed by atoms with Gasteiger partial charge in [0.1, 0.15) is 5.75 Å². The molecule has 98 valence electrons. The van der Waals surface area contributed by atoms with Crippen LogP contribution in [0.25, 0.3) is 0 Å².